The Bertz CT molecular complexity index is 1430. The smallest absolute Gasteiger partial charge is 0.238 e. The van der Waals surface area contributed by atoms with Crippen molar-refractivity contribution in [3.05, 3.63) is 71.8 Å². The molecular weight excluding hydrogens is 464 g/mol. The van der Waals surface area contributed by atoms with Crippen LogP contribution in [-0.2, 0) is 25.6 Å². The minimum atomic E-state index is -3.78. The van der Waals surface area contributed by atoms with Crippen molar-refractivity contribution < 1.29 is 27.0 Å². The molecule has 1 heterocycles. The lowest BCUT2D eigenvalue weighted by molar-refractivity contribution is -0.118. The number of benzene rings is 3. The van der Waals surface area contributed by atoms with Gasteiger partial charge < -0.3 is 14.8 Å². The quantitative estimate of drug-likeness (QED) is 0.487. The van der Waals surface area contributed by atoms with Gasteiger partial charge in [0.1, 0.15) is 0 Å². The Morgan fingerprint density at radius 2 is 1.66 bits per heavy atom. The molecule has 0 spiro atoms. The predicted octanol–water partition coefficient (Wildman–Crippen LogP) is 5.44. The number of sulfonamides is 1. The van der Waals surface area contributed by atoms with Gasteiger partial charge in [-0.15, -0.1) is 0 Å². The van der Waals surface area contributed by atoms with Crippen LogP contribution in [0.2, 0.25) is 0 Å². The third-order valence-corrected chi connectivity index (χ3v) is 7.62. The fourth-order valence-electron chi connectivity index (χ4n) is 4.56. The van der Waals surface area contributed by atoms with Crippen molar-refractivity contribution in [1.29, 1.82) is 0 Å². The van der Waals surface area contributed by atoms with Gasteiger partial charge in [0, 0.05) is 9.97 Å². The molecule has 1 fully saturated rings. The van der Waals surface area contributed by atoms with Crippen LogP contribution in [0, 0.1) is 0 Å². The maximum atomic E-state index is 13.4. The number of hydrogen-bond donors (Lipinski definition) is 2. The third-order valence-electron chi connectivity index (χ3n) is 6.69. The molecule has 35 heavy (non-hydrogen) atoms. The largest absolute Gasteiger partial charge is 0.454 e. The molecule has 188 valence electrons. The van der Waals surface area contributed by atoms with Gasteiger partial charge in [-0.05, 0) is 76.9 Å². The Morgan fingerprint density at radius 3 is 2.29 bits per heavy atom. The third kappa shape index (κ3) is 4.39. The number of nitrogens with one attached hydrogen (secondary N) is 1. The number of ether oxygens (including phenoxy) is 2. The number of anilines is 1. The molecule has 3 N–H and O–H groups in total. The van der Waals surface area contributed by atoms with E-state index < -0.39 is 15.4 Å². The second-order valence-electron chi connectivity index (χ2n) is 10.2. The molecule has 1 aliphatic carbocycles. The molecule has 1 saturated carbocycles. The van der Waals surface area contributed by atoms with Crippen LogP contribution in [0.1, 0.15) is 49.0 Å². The van der Waals surface area contributed by atoms with Crippen LogP contribution >= 0.6 is 0 Å². The normalized spacial score (nSPS) is 16.1. The van der Waals surface area contributed by atoms with E-state index in [4.69, 9.17) is 14.6 Å². The number of hydrogen-bond acceptors (Lipinski definition) is 5. The lowest BCUT2D eigenvalue weighted by Gasteiger charge is -2.24. The molecule has 0 aromatic heterocycles. The Hall–Kier alpha value is -3.36. The highest BCUT2D eigenvalue weighted by molar-refractivity contribution is 7.89. The van der Waals surface area contributed by atoms with E-state index in [9.17, 15) is 13.2 Å². The number of carbonyl (C=O) groups is 1. The molecule has 0 bridgehead atoms. The van der Waals surface area contributed by atoms with Crippen LogP contribution in [0.3, 0.4) is 0 Å². The van der Waals surface area contributed by atoms with E-state index in [1.54, 1.807) is 12.1 Å². The van der Waals surface area contributed by atoms with Gasteiger partial charge in [-0.3, -0.25) is 4.79 Å². The minimum Gasteiger partial charge on any atom is -0.454 e. The maximum absolute atomic E-state index is 13.4. The van der Waals surface area contributed by atoms with Gasteiger partial charge >= 0.3 is 0 Å². The van der Waals surface area contributed by atoms with Crippen LogP contribution < -0.4 is 19.9 Å². The van der Waals surface area contributed by atoms with Crippen molar-refractivity contribution in [2.75, 3.05) is 12.1 Å². The lowest BCUT2D eigenvalue weighted by Crippen LogP contribution is -2.28. The van der Waals surface area contributed by atoms with E-state index in [0.717, 1.165) is 35.1 Å². The molecule has 2 aliphatic rings. The zero-order chi connectivity index (χ0) is 25.0. The topological polar surface area (TPSA) is 108 Å². The number of fused-ring (bicyclic) bond motifs is 1. The first-order valence-corrected chi connectivity index (χ1v) is 13.0. The summed E-state index contributed by atoms with van der Waals surface area (Å²) in [5.74, 6) is 1.30. The molecule has 3 aromatic carbocycles. The van der Waals surface area contributed by atoms with E-state index in [1.807, 2.05) is 36.4 Å². The number of nitrogens with two attached hydrogens (primary N) is 1. The van der Waals surface area contributed by atoms with E-state index in [2.05, 4.69) is 26.1 Å². The fourth-order valence-corrected chi connectivity index (χ4v) is 5.07. The van der Waals surface area contributed by atoms with Gasteiger partial charge in [-0.1, -0.05) is 45.0 Å². The number of primary sulfonamides is 1. The van der Waals surface area contributed by atoms with Crippen molar-refractivity contribution in [2.24, 2.45) is 5.14 Å². The van der Waals surface area contributed by atoms with Crippen LogP contribution in [0.25, 0.3) is 11.1 Å². The monoisotopic (exact) mass is 498 g/mol. The Labute approximate surface area is 209 Å². The highest BCUT2D eigenvalue weighted by atomic mass is 32.2. The zero-order valence-corrected chi connectivity index (χ0v) is 20.7. The molecular formula is C27H34N2O5S. The molecule has 0 unspecified atom stereocenters. The van der Waals surface area contributed by atoms with E-state index in [1.165, 1.54) is 12.1 Å². The van der Waals surface area contributed by atoms with Gasteiger partial charge in [0.15, 0.2) is 11.5 Å². The Kier molecular flexibility index (Phi) is 5.41. The van der Waals surface area contributed by atoms with E-state index in [-0.39, 0.29) is 27.3 Å². The summed E-state index contributed by atoms with van der Waals surface area (Å²) in [5.41, 5.74) is 3.70. The summed E-state index contributed by atoms with van der Waals surface area (Å²) < 4.78 is 34.3. The van der Waals surface area contributed by atoms with E-state index >= 15 is 0 Å². The summed E-state index contributed by atoms with van der Waals surface area (Å²) in [6.45, 7) is 6.53. The van der Waals surface area contributed by atoms with Crippen molar-refractivity contribution >= 4 is 21.6 Å². The van der Waals surface area contributed by atoms with E-state index in [0.29, 0.717) is 17.2 Å². The molecule has 0 saturated heterocycles. The van der Waals surface area contributed by atoms with Gasteiger partial charge in [-0.2, -0.15) is 0 Å². The van der Waals surface area contributed by atoms with Crippen molar-refractivity contribution in [3.8, 4) is 22.6 Å². The predicted molar refractivity (Wildman–Crippen MR) is 140 cm³/mol. The number of amides is 1. The Morgan fingerprint density at radius 1 is 0.971 bits per heavy atom. The number of rotatable bonds is 5. The van der Waals surface area contributed by atoms with Crippen LogP contribution in [0.15, 0.2) is 65.6 Å². The molecule has 7 nitrogen and oxygen atoms in total. The van der Waals surface area contributed by atoms with Crippen molar-refractivity contribution in [3.63, 3.8) is 0 Å². The zero-order valence-electron chi connectivity index (χ0n) is 19.9. The summed E-state index contributed by atoms with van der Waals surface area (Å²) in [6, 6.07) is 18.0. The second-order valence-corrected chi connectivity index (χ2v) is 11.7. The van der Waals surface area contributed by atoms with Gasteiger partial charge in [0.2, 0.25) is 22.7 Å². The first-order chi connectivity index (χ1) is 16.5. The first-order valence-electron chi connectivity index (χ1n) is 11.5. The van der Waals surface area contributed by atoms with Crippen molar-refractivity contribution in [1.82, 2.24) is 0 Å². The first kappa shape index (κ1) is 23.4. The summed E-state index contributed by atoms with van der Waals surface area (Å²) in [5, 5.41) is 8.37. The summed E-state index contributed by atoms with van der Waals surface area (Å²) >= 11 is 0. The average Bonchev–Trinajstić information content (AvgIpc) is 3.49. The van der Waals surface area contributed by atoms with Gasteiger partial charge in [0.05, 0.1) is 10.3 Å². The van der Waals surface area contributed by atoms with Crippen LogP contribution in [0.4, 0.5) is 5.69 Å². The highest BCUT2D eigenvalue weighted by Crippen LogP contribution is 2.51. The lowest BCUT2D eigenvalue weighted by atomic mass is 9.81. The molecule has 1 amide bonds. The molecule has 8 heteroatoms. The SMILES string of the molecule is CC(C)(C)c1ccc(NC(=O)C2(c3ccc4c(c3)OCO4)CC2)cc1-c1ccc(S(N)(=O)=O)cc1.[HH].[HH].[HH]. The second kappa shape index (κ2) is 8.10. The Balaban J connectivity index is 0.00000169. The van der Waals surface area contributed by atoms with Crippen LogP contribution in [0.5, 0.6) is 11.5 Å². The molecule has 0 radical (unpaired) electrons. The molecule has 3 aromatic rings. The van der Waals surface area contributed by atoms with Crippen LogP contribution in [-0.4, -0.2) is 21.1 Å². The highest BCUT2D eigenvalue weighted by Gasteiger charge is 2.51. The molecule has 5 rings (SSSR count). The molecule has 0 atom stereocenters. The standard InChI is InChI=1S/C27H28N2O5S.3H2/c1-26(2,3)22-10-7-19(15-21(22)17-4-8-20(9-5-17)35(28,31)32)29-25(30)27(12-13-27)18-6-11-23-24(14-18)34-16-33-23;;;/h4-11,14-15H,12-13,16H2,1-3H3,(H,29,30)(H2,28,31,32);3*1H. The van der Waals surface area contributed by atoms with Gasteiger partial charge in [0.25, 0.3) is 0 Å². The summed E-state index contributed by atoms with van der Waals surface area (Å²) in [7, 11) is -3.78. The maximum Gasteiger partial charge on any atom is 0.238 e. The summed E-state index contributed by atoms with van der Waals surface area (Å²) in [6.07, 6.45) is 1.53. The number of carbonyl (C=O) groups excluding carboxylic acids is 1. The summed E-state index contributed by atoms with van der Waals surface area (Å²) in [4.78, 5) is 13.5. The molecule has 1 aliphatic heterocycles. The van der Waals surface area contributed by atoms with Crippen molar-refractivity contribution in [2.45, 2.75) is 49.3 Å². The fraction of sp³-hybridized carbons (Fsp3) is 0.296. The average molecular weight is 499 g/mol. The van der Waals surface area contributed by atoms with Gasteiger partial charge in [-0.25, -0.2) is 13.6 Å². The minimum absolute atomic E-state index is 0.